The summed E-state index contributed by atoms with van der Waals surface area (Å²) in [5, 5.41) is 10.9. The van der Waals surface area contributed by atoms with Crippen LogP contribution in [-0.2, 0) is 0 Å². The Morgan fingerprint density at radius 3 is 2.92 bits per heavy atom. The van der Waals surface area contributed by atoms with Crippen LogP contribution in [0.5, 0.6) is 0 Å². The molecule has 4 heteroatoms. The standard InChI is InChI=1S/C9H10N2O2/c1-6-3-4-13-8(6)9(12)11-7(2)5-10/h3-4,7H,1-2H3,(H,11,12). The van der Waals surface area contributed by atoms with Crippen LogP contribution >= 0.6 is 0 Å². The zero-order valence-electron chi connectivity index (χ0n) is 7.50. The summed E-state index contributed by atoms with van der Waals surface area (Å²) in [6, 6.07) is 3.10. The van der Waals surface area contributed by atoms with Gasteiger partial charge in [0.2, 0.25) is 0 Å². The first-order chi connectivity index (χ1) is 6.15. The molecule has 0 spiro atoms. The number of furan rings is 1. The maximum absolute atomic E-state index is 11.3. The lowest BCUT2D eigenvalue weighted by molar-refractivity contribution is 0.0919. The van der Waals surface area contributed by atoms with Crippen LogP contribution in [0, 0.1) is 18.3 Å². The van der Waals surface area contributed by atoms with Gasteiger partial charge in [-0.1, -0.05) is 0 Å². The molecule has 0 radical (unpaired) electrons. The predicted molar refractivity (Wildman–Crippen MR) is 46.0 cm³/mol. The zero-order chi connectivity index (χ0) is 9.84. The summed E-state index contributed by atoms with van der Waals surface area (Å²) in [7, 11) is 0. The van der Waals surface area contributed by atoms with E-state index in [0.29, 0.717) is 0 Å². The molecule has 0 saturated carbocycles. The Hall–Kier alpha value is -1.76. The summed E-state index contributed by atoms with van der Waals surface area (Å²) < 4.78 is 4.95. The van der Waals surface area contributed by atoms with Crippen LogP contribution in [0.1, 0.15) is 23.0 Å². The van der Waals surface area contributed by atoms with Gasteiger partial charge in [-0.15, -0.1) is 0 Å². The average molecular weight is 178 g/mol. The van der Waals surface area contributed by atoms with Crippen molar-refractivity contribution in [1.29, 1.82) is 5.26 Å². The minimum Gasteiger partial charge on any atom is -0.459 e. The van der Waals surface area contributed by atoms with Gasteiger partial charge in [0.25, 0.3) is 5.91 Å². The molecule has 1 unspecified atom stereocenters. The minimum absolute atomic E-state index is 0.266. The Morgan fingerprint density at radius 1 is 1.77 bits per heavy atom. The monoisotopic (exact) mass is 178 g/mol. The molecular weight excluding hydrogens is 168 g/mol. The third-order valence-electron chi connectivity index (χ3n) is 1.61. The molecule has 4 nitrogen and oxygen atoms in total. The van der Waals surface area contributed by atoms with Gasteiger partial charge in [-0.25, -0.2) is 0 Å². The lowest BCUT2D eigenvalue weighted by atomic mass is 10.2. The Kier molecular flexibility index (Phi) is 2.70. The molecule has 0 fully saturated rings. The normalized spacial score (nSPS) is 11.8. The van der Waals surface area contributed by atoms with Crippen LogP contribution < -0.4 is 5.32 Å². The summed E-state index contributed by atoms with van der Waals surface area (Å²) in [5.41, 5.74) is 0.766. The first-order valence-corrected chi connectivity index (χ1v) is 3.89. The summed E-state index contributed by atoms with van der Waals surface area (Å²) in [5.74, 6) is -0.0846. The number of hydrogen-bond donors (Lipinski definition) is 1. The first kappa shape index (κ1) is 9.33. The van der Waals surface area contributed by atoms with Crippen LogP contribution in [0.4, 0.5) is 0 Å². The van der Waals surface area contributed by atoms with Gasteiger partial charge in [0.15, 0.2) is 5.76 Å². The quantitative estimate of drug-likeness (QED) is 0.740. The van der Waals surface area contributed by atoms with Crippen LogP contribution in [0.25, 0.3) is 0 Å². The van der Waals surface area contributed by atoms with Crippen LogP contribution in [-0.4, -0.2) is 11.9 Å². The van der Waals surface area contributed by atoms with E-state index >= 15 is 0 Å². The minimum atomic E-state index is -0.503. The SMILES string of the molecule is Cc1ccoc1C(=O)NC(C)C#N. The molecule has 0 aliphatic carbocycles. The maximum atomic E-state index is 11.3. The van der Waals surface area contributed by atoms with Crippen molar-refractivity contribution in [3.8, 4) is 6.07 Å². The molecule has 13 heavy (non-hydrogen) atoms. The Morgan fingerprint density at radius 2 is 2.46 bits per heavy atom. The molecule has 0 aromatic carbocycles. The van der Waals surface area contributed by atoms with Gasteiger partial charge < -0.3 is 9.73 Å². The lowest BCUT2D eigenvalue weighted by Gasteiger charge is -2.03. The third-order valence-corrected chi connectivity index (χ3v) is 1.61. The highest BCUT2D eigenvalue weighted by molar-refractivity contribution is 5.93. The number of carbonyl (C=O) groups excluding carboxylic acids is 1. The molecule has 0 aliphatic heterocycles. The number of nitrogens with zero attached hydrogens (tertiary/aromatic N) is 1. The van der Waals surface area contributed by atoms with E-state index < -0.39 is 6.04 Å². The number of amides is 1. The number of nitriles is 1. The van der Waals surface area contributed by atoms with Gasteiger partial charge in [0.05, 0.1) is 12.3 Å². The number of carbonyl (C=O) groups is 1. The second kappa shape index (κ2) is 3.76. The fourth-order valence-electron chi connectivity index (χ4n) is 0.900. The van der Waals surface area contributed by atoms with Gasteiger partial charge >= 0.3 is 0 Å². The topological polar surface area (TPSA) is 66.0 Å². The van der Waals surface area contributed by atoms with Gasteiger partial charge in [-0.05, 0) is 19.9 Å². The second-order valence-electron chi connectivity index (χ2n) is 2.76. The Labute approximate surface area is 76.2 Å². The fraction of sp³-hybridized carbons (Fsp3) is 0.333. The molecule has 1 aromatic heterocycles. The molecule has 1 heterocycles. The molecule has 0 saturated heterocycles. The molecule has 1 N–H and O–H groups in total. The predicted octanol–water partition coefficient (Wildman–Crippen LogP) is 1.23. The molecule has 1 aromatic rings. The summed E-state index contributed by atoms with van der Waals surface area (Å²) in [6.45, 7) is 3.38. The van der Waals surface area contributed by atoms with E-state index in [-0.39, 0.29) is 11.7 Å². The highest BCUT2D eigenvalue weighted by Gasteiger charge is 2.13. The summed E-state index contributed by atoms with van der Waals surface area (Å²) in [4.78, 5) is 11.3. The van der Waals surface area contributed by atoms with Crippen molar-refractivity contribution in [3.05, 3.63) is 23.7 Å². The Balaban J connectivity index is 2.71. The fourth-order valence-corrected chi connectivity index (χ4v) is 0.900. The molecule has 1 rings (SSSR count). The average Bonchev–Trinajstić information content (AvgIpc) is 2.51. The van der Waals surface area contributed by atoms with Crippen molar-refractivity contribution in [1.82, 2.24) is 5.32 Å². The van der Waals surface area contributed by atoms with E-state index in [0.717, 1.165) is 5.56 Å². The Bertz CT molecular complexity index is 349. The highest BCUT2D eigenvalue weighted by Crippen LogP contribution is 2.08. The number of nitrogens with one attached hydrogen (secondary N) is 1. The first-order valence-electron chi connectivity index (χ1n) is 3.89. The van der Waals surface area contributed by atoms with Crippen molar-refractivity contribution < 1.29 is 9.21 Å². The zero-order valence-corrected chi connectivity index (χ0v) is 7.50. The summed E-state index contributed by atoms with van der Waals surface area (Å²) >= 11 is 0. The van der Waals surface area contributed by atoms with Gasteiger partial charge in [-0.3, -0.25) is 4.79 Å². The van der Waals surface area contributed by atoms with E-state index in [9.17, 15) is 4.79 Å². The number of aryl methyl sites for hydroxylation is 1. The van der Waals surface area contributed by atoms with Gasteiger partial charge in [0.1, 0.15) is 6.04 Å². The van der Waals surface area contributed by atoms with E-state index in [2.05, 4.69) is 5.32 Å². The molecule has 1 atom stereocenters. The van der Waals surface area contributed by atoms with E-state index in [4.69, 9.17) is 9.68 Å². The molecule has 1 amide bonds. The summed E-state index contributed by atoms with van der Waals surface area (Å²) in [6.07, 6.45) is 1.45. The van der Waals surface area contributed by atoms with Crippen LogP contribution in [0.3, 0.4) is 0 Å². The van der Waals surface area contributed by atoms with Gasteiger partial charge in [0, 0.05) is 5.56 Å². The van der Waals surface area contributed by atoms with Gasteiger partial charge in [-0.2, -0.15) is 5.26 Å². The molecule has 68 valence electrons. The van der Waals surface area contributed by atoms with Crippen molar-refractivity contribution in [2.45, 2.75) is 19.9 Å². The molecular formula is C9H10N2O2. The highest BCUT2D eigenvalue weighted by atomic mass is 16.3. The van der Waals surface area contributed by atoms with Crippen molar-refractivity contribution in [3.63, 3.8) is 0 Å². The molecule has 0 bridgehead atoms. The third kappa shape index (κ3) is 2.09. The van der Waals surface area contributed by atoms with Crippen molar-refractivity contribution in [2.75, 3.05) is 0 Å². The largest absolute Gasteiger partial charge is 0.459 e. The lowest BCUT2D eigenvalue weighted by Crippen LogP contribution is -2.31. The van der Waals surface area contributed by atoms with Crippen molar-refractivity contribution >= 4 is 5.91 Å². The van der Waals surface area contributed by atoms with Crippen molar-refractivity contribution in [2.24, 2.45) is 0 Å². The molecule has 0 aliphatic rings. The van der Waals surface area contributed by atoms with Crippen LogP contribution in [0.2, 0.25) is 0 Å². The smallest absolute Gasteiger partial charge is 0.288 e. The van der Waals surface area contributed by atoms with E-state index in [1.165, 1.54) is 6.26 Å². The number of rotatable bonds is 2. The number of hydrogen-bond acceptors (Lipinski definition) is 3. The van der Waals surface area contributed by atoms with E-state index in [1.807, 2.05) is 6.07 Å². The van der Waals surface area contributed by atoms with E-state index in [1.54, 1.807) is 19.9 Å². The van der Waals surface area contributed by atoms with Crippen LogP contribution in [0.15, 0.2) is 16.7 Å². The second-order valence-corrected chi connectivity index (χ2v) is 2.76. The maximum Gasteiger partial charge on any atom is 0.288 e.